The first kappa shape index (κ1) is 21.3. The smallest absolute Gasteiger partial charge is 0.239 e. The zero-order valence-electron chi connectivity index (χ0n) is 14.0. The molecule has 1 aromatic rings. The van der Waals surface area contributed by atoms with Crippen LogP contribution in [-0.2, 0) is 9.53 Å². The molecule has 0 radical (unpaired) electrons. The molecule has 0 fully saturated rings. The largest absolute Gasteiger partial charge is 0.493 e. The SMILES string of the molecule is COCC(N)C(=O)NC(C)c1cc(OC)c(OC)c(OC)c1.Cl. The Kier molecular flexibility index (Phi) is 9.40. The highest BCUT2D eigenvalue weighted by atomic mass is 35.5. The van der Waals surface area contributed by atoms with Gasteiger partial charge in [-0.15, -0.1) is 12.4 Å². The number of nitrogens with one attached hydrogen (secondary N) is 1. The number of nitrogens with two attached hydrogens (primary N) is 1. The lowest BCUT2D eigenvalue weighted by molar-refractivity contribution is -0.124. The normalized spacial score (nSPS) is 12.6. The van der Waals surface area contributed by atoms with Crippen LogP contribution >= 0.6 is 12.4 Å². The Morgan fingerprint density at radius 3 is 2.04 bits per heavy atom. The van der Waals surface area contributed by atoms with Crippen LogP contribution in [0.25, 0.3) is 0 Å². The molecule has 8 heteroatoms. The van der Waals surface area contributed by atoms with Gasteiger partial charge in [-0.05, 0) is 24.6 Å². The molecule has 0 bridgehead atoms. The lowest BCUT2D eigenvalue weighted by atomic mass is 10.1. The number of carbonyl (C=O) groups excluding carboxylic acids is 1. The van der Waals surface area contributed by atoms with Crippen molar-refractivity contribution in [2.24, 2.45) is 5.73 Å². The molecule has 0 spiro atoms. The Morgan fingerprint density at radius 2 is 1.65 bits per heavy atom. The Bertz CT molecular complexity index is 488. The number of amides is 1. The number of benzene rings is 1. The molecule has 1 rings (SSSR count). The summed E-state index contributed by atoms with van der Waals surface area (Å²) in [7, 11) is 6.11. The van der Waals surface area contributed by atoms with Crippen LogP contribution < -0.4 is 25.3 Å². The van der Waals surface area contributed by atoms with E-state index in [1.165, 1.54) is 14.2 Å². The number of ether oxygens (including phenoxy) is 4. The molecule has 2 unspecified atom stereocenters. The van der Waals surface area contributed by atoms with Gasteiger partial charge in [-0.3, -0.25) is 4.79 Å². The third-order valence-corrected chi connectivity index (χ3v) is 3.23. The van der Waals surface area contributed by atoms with E-state index in [0.717, 1.165) is 5.56 Å². The Hall–Kier alpha value is -1.70. The van der Waals surface area contributed by atoms with Crippen LogP contribution in [-0.4, -0.2) is 47.0 Å². The number of methoxy groups -OCH3 is 4. The second kappa shape index (κ2) is 10.1. The summed E-state index contributed by atoms with van der Waals surface area (Å²) in [5.74, 6) is 1.27. The van der Waals surface area contributed by atoms with Crippen LogP contribution in [0.4, 0.5) is 0 Å². The summed E-state index contributed by atoms with van der Waals surface area (Å²) in [4.78, 5) is 11.9. The van der Waals surface area contributed by atoms with Gasteiger partial charge in [0.2, 0.25) is 11.7 Å². The number of hydrogen-bond acceptors (Lipinski definition) is 6. The van der Waals surface area contributed by atoms with Crippen LogP contribution in [0, 0.1) is 0 Å². The van der Waals surface area contributed by atoms with E-state index in [4.69, 9.17) is 24.7 Å². The van der Waals surface area contributed by atoms with Gasteiger partial charge in [0.25, 0.3) is 0 Å². The van der Waals surface area contributed by atoms with E-state index in [-0.39, 0.29) is 31.0 Å². The number of hydrogen-bond donors (Lipinski definition) is 2. The lowest BCUT2D eigenvalue weighted by Crippen LogP contribution is -2.44. The van der Waals surface area contributed by atoms with Crippen molar-refractivity contribution >= 4 is 18.3 Å². The maximum Gasteiger partial charge on any atom is 0.239 e. The third-order valence-electron chi connectivity index (χ3n) is 3.23. The van der Waals surface area contributed by atoms with Gasteiger partial charge < -0.3 is 30.0 Å². The molecule has 3 N–H and O–H groups in total. The maximum absolute atomic E-state index is 11.9. The average Bonchev–Trinajstić information content (AvgIpc) is 2.53. The molecule has 1 aromatic carbocycles. The van der Waals surface area contributed by atoms with E-state index in [1.807, 2.05) is 6.92 Å². The van der Waals surface area contributed by atoms with Gasteiger partial charge >= 0.3 is 0 Å². The summed E-state index contributed by atoms with van der Waals surface area (Å²) in [5.41, 5.74) is 6.52. The summed E-state index contributed by atoms with van der Waals surface area (Å²) in [6.07, 6.45) is 0. The number of rotatable bonds is 8. The van der Waals surface area contributed by atoms with E-state index < -0.39 is 6.04 Å². The maximum atomic E-state index is 11.9. The van der Waals surface area contributed by atoms with Gasteiger partial charge in [-0.1, -0.05) is 0 Å². The molecule has 0 aliphatic carbocycles. The minimum Gasteiger partial charge on any atom is -0.493 e. The van der Waals surface area contributed by atoms with Crippen molar-refractivity contribution in [2.75, 3.05) is 35.0 Å². The predicted molar refractivity (Wildman–Crippen MR) is 89.8 cm³/mol. The molecule has 0 saturated carbocycles. The van der Waals surface area contributed by atoms with Crippen LogP contribution in [0.5, 0.6) is 17.2 Å². The van der Waals surface area contributed by atoms with Crippen molar-refractivity contribution < 1.29 is 23.7 Å². The van der Waals surface area contributed by atoms with E-state index in [0.29, 0.717) is 17.2 Å². The topological polar surface area (TPSA) is 92.0 Å². The summed E-state index contributed by atoms with van der Waals surface area (Å²) >= 11 is 0. The lowest BCUT2D eigenvalue weighted by Gasteiger charge is -2.20. The summed E-state index contributed by atoms with van der Waals surface area (Å²) in [6, 6.07) is 2.58. The summed E-state index contributed by atoms with van der Waals surface area (Å²) in [5, 5.41) is 2.82. The first-order chi connectivity index (χ1) is 10.5. The van der Waals surface area contributed by atoms with Crippen LogP contribution in [0.2, 0.25) is 0 Å². The Labute approximate surface area is 142 Å². The highest BCUT2D eigenvalue weighted by molar-refractivity contribution is 5.85. The molecular formula is C15H25ClN2O5. The van der Waals surface area contributed by atoms with Crippen molar-refractivity contribution in [1.29, 1.82) is 0 Å². The number of carbonyl (C=O) groups is 1. The second-order valence-electron chi connectivity index (χ2n) is 4.75. The highest BCUT2D eigenvalue weighted by Gasteiger charge is 2.20. The fourth-order valence-electron chi connectivity index (χ4n) is 2.01. The molecular weight excluding hydrogens is 324 g/mol. The fourth-order valence-corrected chi connectivity index (χ4v) is 2.01. The quantitative estimate of drug-likeness (QED) is 0.735. The molecule has 0 aromatic heterocycles. The molecule has 23 heavy (non-hydrogen) atoms. The van der Waals surface area contributed by atoms with Crippen molar-refractivity contribution in [3.8, 4) is 17.2 Å². The van der Waals surface area contributed by atoms with Gasteiger partial charge in [0, 0.05) is 7.11 Å². The molecule has 2 atom stereocenters. The van der Waals surface area contributed by atoms with Gasteiger partial charge in [-0.2, -0.15) is 0 Å². The molecule has 132 valence electrons. The van der Waals surface area contributed by atoms with E-state index >= 15 is 0 Å². The van der Waals surface area contributed by atoms with Gasteiger partial charge in [0.1, 0.15) is 6.04 Å². The minimum atomic E-state index is -0.713. The van der Waals surface area contributed by atoms with E-state index in [1.54, 1.807) is 26.4 Å². The molecule has 0 aliphatic rings. The molecule has 0 heterocycles. The van der Waals surface area contributed by atoms with Crippen molar-refractivity contribution in [1.82, 2.24) is 5.32 Å². The third kappa shape index (κ3) is 5.46. The molecule has 1 amide bonds. The fraction of sp³-hybridized carbons (Fsp3) is 0.533. The summed E-state index contributed by atoms with van der Waals surface area (Å²) < 4.78 is 20.7. The number of halogens is 1. The highest BCUT2D eigenvalue weighted by Crippen LogP contribution is 2.39. The van der Waals surface area contributed by atoms with Crippen LogP contribution in [0.3, 0.4) is 0 Å². The Balaban J connectivity index is 0.00000484. The summed E-state index contributed by atoms with van der Waals surface area (Å²) in [6.45, 7) is 2.01. The standard InChI is InChI=1S/C15H24N2O5.ClH/c1-9(17-15(18)11(16)8-19-2)10-6-12(20-3)14(22-5)13(7-10)21-4;/h6-7,9,11H,8,16H2,1-5H3,(H,17,18);1H. The average molecular weight is 349 g/mol. The van der Waals surface area contributed by atoms with Crippen molar-refractivity contribution in [3.63, 3.8) is 0 Å². The monoisotopic (exact) mass is 348 g/mol. The van der Waals surface area contributed by atoms with E-state index in [9.17, 15) is 4.79 Å². The Morgan fingerprint density at radius 1 is 1.13 bits per heavy atom. The van der Waals surface area contributed by atoms with Crippen molar-refractivity contribution in [3.05, 3.63) is 17.7 Å². The zero-order chi connectivity index (χ0) is 16.7. The van der Waals surface area contributed by atoms with Crippen LogP contribution in [0.1, 0.15) is 18.5 Å². The first-order valence-corrected chi connectivity index (χ1v) is 6.83. The molecule has 7 nitrogen and oxygen atoms in total. The first-order valence-electron chi connectivity index (χ1n) is 6.83. The molecule has 0 saturated heterocycles. The second-order valence-corrected chi connectivity index (χ2v) is 4.75. The van der Waals surface area contributed by atoms with Gasteiger partial charge in [-0.25, -0.2) is 0 Å². The predicted octanol–water partition coefficient (Wildman–Crippen LogP) is 1.29. The van der Waals surface area contributed by atoms with Gasteiger partial charge in [0.05, 0.1) is 34.0 Å². The zero-order valence-corrected chi connectivity index (χ0v) is 14.9. The van der Waals surface area contributed by atoms with E-state index in [2.05, 4.69) is 5.32 Å². The van der Waals surface area contributed by atoms with Crippen LogP contribution in [0.15, 0.2) is 12.1 Å². The molecule has 0 aliphatic heterocycles. The minimum absolute atomic E-state index is 0. The van der Waals surface area contributed by atoms with Gasteiger partial charge in [0.15, 0.2) is 11.5 Å². The van der Waals surface area contributed by atoms with Crippen molar-refractivity contribution in [2.45, 2.75) is 19.0 Å².